The topological polar surface area (TPSA) is 60.1 Å². The molecule has 12 heteroatoms. The standard InChI is InChI=1S/C24H44N8O2P2/c33-35-27-13-5-15-31(35)23-21-29(35)11-3-9-25(17-19-27)7-1-2-8-26-10-4-12-30-22-24-32-16-6-14-28(20-18-26)36(30,32)34/h3-24H2. The Morgan fingerprint density at radius 1 is 0.389 bits per heavy atom. The minimum atomic E-state index is -2.49. The average molecular weight is 539 g/mol. The van der Waals surface area contributed by atoms with Crippen LogP contribution >= 0.6 is 15.2 Å². The lowest BCUT2D eigenvalue weighted by molar-refractivity contribution is 0.246. The largest absolute Gasteiger partial charge is 0.291 e. The summed E-state index contributed by atoms with van der Waals surface area (Å²) in [6.45, 7) is 16.9. The van der Waals surface area contributed by atoms with Crippen molar-refractivity contribution in [1.29, 1.82) is 0 Å². The first-order chi connectivity index (χ1) is 17.6. The maximum absolute atomic E-state index is 13.9. The smallest absolute Gasteiger partial charge is 0.287 e. The molecule has 0 radical (unpaired) electrons. The summed E-state index contributed by atoms with van der Waals surface area (Å²) in [6.07, 6.45) is 4.36. The highest BCUT2D eigenvalue weighted by molar-refractivity contribution is 7.57. The summed E-state index contributed by atoms with van der Waals surface area (Å²) in [4.78, 5) is 4.92. The second kappa shape index (κ2) is 11.1. The Hall–Kier alpha value is -0.300. The van der Waals surface area contributed by atoms with E-state index in [1.165, 1.54) is 0 Å². The fourth-order valence-corrected chi connectivity index (χ4v) is 13.6. The van der Waals surface area contributed by atoms with Gasteiger partial charge in [0.15, 0.2) is 0 Å². The lowest BCUT2D eigenvalue weighted by Gasteiger charge is -2.42. The first-order valence-corrected chi connectivity index (χ1v) is 17.3. The molecule has 0 amide bonds. The van der Waals surface area contributed by atoms with E-state index in [1.807, 2.05) is 0 Å². The van der Waals surface area contributed by atoms with E-state index in [-0.39, 0.29) is 0 Å². The molecule has 2 unspecified atom stereocenters. The van der Waals surface area contributed by atoms with E-state index >= 15 is 0 Å². The molecule has 0 bridgehead atoms. The van der Waals surface area contributed by atoms with E-state index in [4.69, 9.17) is 0 Å². The van der Waals surface area contributed by atoms with Crippen molar-refractivity contribution in [3.05, 3.63) is 0 Å². The Labute approximate surface area is 217 Å². The highest BCUT2D eigenvalue weighted by Gasteiger charge is 2.50. The molecule has 6 saturated heterocycles. The molecule has 6 heterocycles. The van der Waals surface area contributed by atoms with Crippen molar-refractivity contribution >= 4 is 15.2 Å². The molecule has 202 valence electrons. The lowest BCUT2D eigenvalue weighted by Crippen LogP contribution is -2.42. The first kappa shape index (κ1) is 26.0. The molecule has 0 aromatic heterocycles. The van der Waals surface area contributed by atoms with E-state index in [2.05, 4.69) is 49.7 Å². The van der Waals surface area contributed by atoms with Gasteiger partial charge in [-0.25, -0.2) is 28.0 Å². The van der Waals surface area contributed by atoms with Crippen LogP contribution in [0, 0.1) is 11.8 Å². The van der Waals surface area contributed by atoms with Crippen molar-refractivity contribution in [1.82, 2.24) is 37.8 Å². The summed E-state index contributed by atoms with van der Waals surface area (Å²) in [5.41, 5.74) is 0. The molecule has 6 fully saturated rings. The predicted molar refractivity (Wildman–Crippen MR) is 144 cm³/mol. The number of rotatable bonds is 2. The SMILES string of the molecule is O=P12N3CCCN1CCN2CCCN(CC#CCN1CCCN2CCN4CCCN(CC1)P24=O)CC3. The molecule has 0 spiro atoms. The van der Waals surface area contributed by atoms with Crippen molar-refractivity contribution < 1.29 is 9.13 Å². The fraction of sp³-hybridized carbons (Fsp3) is 0.917. The molecule has 6 rings (SSSR count). The molecule has 36 heavy (non-hydrogen) atoms. The maximum Gasteiger partial charge on any atom is 0.287 e. The van der Waals surface area contributed by atoms with Crippen LogP contribution in [0.2, 0.25) is 0 Å². The zero-order valence-electron chi connectivity index (χ0n) is 21.8. The Balaban J connectivity index is 1.02. The number of hydrogen-bond acceptors (Lipinski definition) is 4. The lowest BCUT2D eigenvalue weighted by atomic mass is 10.3. The third-order valence-electron chi connectivity index (χ3n) is 8.97. The van der Waals surface area contributed by atoms with Crippen LogP contribution in [0.15, 0.2) is 0 Å². The van der Waals surface area contributed by atoms with Gasteiger partial charge in [0.2, 0.25) is 0 Å². The average Bonchev–Trinajstić information content (AvgIpc) is 3.42. The normalized spacial score (nSPS) is 37.0. The molecule has 0 aromatic carbocycles. The van der Waals surface area contributed by atoms with Crippen LogP contribution in [0.3, 0.4) is 0 Å². The first-order valence-electron chi connectivity index (χ1n) is 14.2. The van der Waals surface area contributed by atoms with Crippen LogP contribution in [0.1, 0.15) is 25.7 Å². The summed E-state index contributed by atoms with van der Waals surface area (Å²) in [5.74, 6) is 6.93. The van der Waals surface area contributed by atoms with E-state index in [0.29, 0.717) is 0 Å². The van der Waals surface area contributed by atoms with Gasteiger partial charge in [-0.1, -0.05) is 11.8 Å². The Bertz CT molecular complexity index is 884. The second-order valence-corrected chi connectivity index (χ2v) is 16.5. The van der Waals surface area contributed by atoms with Gasteiger partial charge in [-0.3, -0.25) is 18.9 Å². The zero-order valence-corrected chi connectivity index (χ0v) is 23.6. The highest BCUT2D eigenvalue weighted by Crippen LogP contribution is 2.62. The van der Waals surface area contributed by atoms with Gasteiger partial charge in [0, 0.05) is 105 Å². The fourth-order valence-electron chi connectivity index (χ4n) is 6.98. The van der Waals surface area contributed by atoms with E-state index < -0.39 is 15.2 Å². The summed E-state index contributed by atoms with van der Waals surface area (Å²) >= 11 is 0. The van der Waals surface area contributed by atoms with Gasteiger partial charge in [-0.05, 0) is 25.7 Å². The zero-order chi connectivity index (χ0) is 24.6. The molecule has 0 N–H and O–H groups in total. The third-order valence-corrected chi connectivity index (χ3v) is 15.8. The van der Waals surface area contributed by atoms with Gasteiger partial charge >= 0.3 is 0 Å². The summed E-state index contributed by atoms with van der Waals surface area (Å²) in [6, 6.07) is 0. The third kappa shape index (κ3) is 4.79. The summed E-state index contributed by atoms with van der Waals surface area (Å²) in [7, 11) is -4.99. The molecule has 2 atom stereocenters. The number of hydrogen-bond donors (Lipinski definition) is 0. The van der Waals surface area contributed by atoms with E-state index in [9.17, 15) is 9.13 Å². The van der Waals surface area contributed by atoms with Crippen LogP contribution in [0.25, 0.3) is 0 Å². The van der Waals surface area contributed by atoms with Crippen molar-refractivity contribution in [2.45, 2.75) is 25.7 Å². The minimum absolute atomic E-state index is 0.791. The molecule has 0 aromatic rings. The van der Waals surface area contributed by atoms with Crippen LogP contribution in [0.5, 0.6) is 0 Å². The van der Waals surface area contributed by atoms with Gasteiger partial charge in [0.25, 0.3) is 15.2 Å². The Kier molecular flexibility index (Phi) is 7.97. The second-order valence-electron chi connectivity index (χ2n) is 11.1. The van der Waals surface area contributed by atoms with Crippen molar-refractivity contribution in [3.8, 4) is 11.8 Å². The van der Waals surface area contributed by atoms with E-state index in [1.54, 1.807) is 0 Å². The quantitative estimate of drug-likeness (QED) is 0.380. The van der Waals surface area contributed by atoms with Crippen molar-refractivity contribution in [2.75, 3.05) is 118 Å². The molecule has 0 saturated carbocycles. The molecular formula is C24H44N8O2P2. The molecular weight excluding hydrogens is 494 g/mol. The van der Waals surface area contributed by atoms with Crippen LogP contribution in [0.4, 0.5) is 0 Å². The van der Waals surface area contributed by atoms with Gasteiger partial charge < -0.3 is 0 Å². The monoisotopic (exact) mass is 538 g/mol. The number of nitrogens with zero attached hydrogens (tertiary/aromatic N) is 8. The van der Waals surface area contributed by atoms with Crippen LogP contribution in [-0.4, -0.2) is 156 Å². The molecule has 10 nitrogen and oxygen atoms in total. The Morgan fingerprint density at radius 3 is 1.00 bits per heavy atom. The van der Waals surface area contributed by atoms with Crippen LogP contribution in [-0.2, 0) is 9.13 Å². The minimum Gasteiger partial charge on any atom is -0.291 e. The van der Waals surface area contributed by atoms with Crippen molar-refractivity contribution in [2.24, 2.45) is 0 Å². The molecule has 6 aliphatic heterocycles. The Morgan fingerprint density at radius 2 is 0.667 bits per heavy atom. The molecule has 6 aliphatic rings. The summed E-state index contributed by atoms with van der Waals surface area (Å²) < 4.78 is 41.5. The van der Waals surface area contributed by atoms with Gasteiger partial charge in [-0.15, -0.1) is 0 Å². The predicted octanol–water partition coefficient (Wildman–Crippen LogP) is 1.26. The maximum atomic E-state index is 13.9. The van der Waals surface area contributed by atoms with Crippen LogP contribution < -0.4 is 0 Å². The summed E-state index contributed by atoms with van der Waals surface area (Å²) in [5, 5.41) is 0. The van der Waals surface area contributed by atoms with E-state index in [0.717, 1.165) is 143 Å². The van der Waals surface area contributed by atoms with Gasteiger partial charge in [-0.2, -0.15) is 0 Å². The van der Waals surface area contributed by atoms with Crippen molar-refractivity contribution in [3.63, 3.8) is 0 Å². The molecule has 0 aliphatic carbocycles. The van der Waals surface area contributed by atoms with Gasteiger partial charge in [0.1, 0.15) is 0 Å². The highest BCUT2D eigenvalue weighted by atomic mass is 31.2. The van der Waals surface area contributed by atoms with Gasteiger partial charge in [0.05, 0.1) is 13.1 Å².